The summed E-state index contributed by atoms with van der Waals surface area (Å²) in [7, 11) is -1.73. The predicted molar refractivity (Wildman–Crippen MR) is 83.3 cm³/mol. The summed E-state index contributed by atoms with van der Waals surface area (Å²) >= 11 is 1.22. The molecule has 22 heavy (non-hydrogen) atoms. The van der Waals surface area contributed by atoms with Crippen molar-refractivity contribution in [2.45, 2.75) is 10.3 Å². The lowest BCUT2D eigenvalue weighted by atomic mass is 10.2. The van der Waals surface area contributed by atoms with Crippen LogP contribution in [-0.4, -0.2) is 49.4 Å². The lowest BCUT2D eigenvalue weighted by Crippen LogP contribution is -2.42. The van der Waals surface area contributed by atoms with Crippen molar-refractivity contribution in [3.05, 3.63) is 35.6 Å². The second-order valence-electron chi connectivity index (χ2n) is 4.69. The van der Waals surface area contributed by atoms with E-state index >= 15 is 0 Å². The normalized spacial score (nSPS) is 20.0. The quantitative estimate of drug-likeness (QED) is 0.904. The van der Waals surface area contributed by atoms with Gasteiger partial charge in [-0.05, 0) is 11.4 Å². The fourth-order valence-electron chi connectivity index (χ4n) is 2.32. The Morgan fingerprint density at radius 3 is 2.95 bits per heavy atom. The molecule has 2 aromatic rings. The Kier molecular flexibility index (Phi) is 4.39. The fraction of sp³-hybridized carbons (Fsp3) is 0.385. The maximum Gasteiger partial charge on any atom is 0.252 e. The third-order valence-corrected chi connectivity index (χ3v) is 6.62. The first-order valence-corrected chi connectivity index (χ1v) is 9.09. The van der Waals surface area contributed by atoms with E-state index in [1.54, 1.807) is 37.0 Å². The second-order valence-corrected chi connectivity index (χ2v) is 7.81. The van der Waals surface area contributed by atoms with Crippen LogP contribution in [0, 0.1) is 0 Å². The first kappa shape index (κ1) is 15.3. The van der Waals surface area contributed by atoms with Crippen molar-refractivity contribution in [2.24, 2.45) is 0 Å². The number of nitrogens with one attached hydrogen (secondary N) is 1. The molecule has 1 saturated heterocycles. The average Bonchev–Trinajstić information content (AvgIpc) is 3.10. The Hall–Kier alpha value is -1.55. The van der Waals surface area contributed by atoms with Gasteiger partial charge in [0.15, 0.2) is 0 Å². The molecule has 3 heterocycles. The third kappa shape index (κ3) is 2.84. The van der Waals surface area contributed by atoms with E-state index in [9.17, 15) is 8.42 Å². The molecule has 1 aliphatic heterocycles. The smallest absolute Gasteiger partial charge is 0.252 e. The van der Waals surface area contributed by atoms with Gasteiger partial charge in [-0.25, -0.2) is 13.4 Å². The lowest BCUT2D eigenvalue weighted by Gasteiger charge is -2.31. The van der Waals surface area contributed by atoms with E-state index in [0.29, 0.717) is 28.9 Å². The molecule has 0 saturated carbocycles. The van der Waals surface area contributed by atoms with Crippen molar-refractivity contribution in [3.8, 4) is 0 Å². The first-order valence-electron chi connectivity index (χ1n) is 6.77. The summed E-state index contributed by atoms with van der Waals surface area (Å²) in [5, 5.41) is 4.71. The second kappa shape index (κ2) is 6.29. The summed E-state index contributed by atoms with van der Waals surface area (Å²) in [6, 6.07) is 3.35. The minimum absolute atomic E-state index is 0.230. The SMILES string of the molecule is CNc1nccnc1[C@@H]1CN(S(=O)(=O)c2cccs2)CCO1. The molecular formula is C13H16N4O3S2. The molecule has 1 fully saturated rings. The Labute approximate surface area is 133 Å². The van der Waals surface area contributed by atoms with Crippen LogP contribution >= 0.6 is 11.3 Å². The van der Waals surface area contributed by atoms with Gasteiger partial charge in [0, 0.05) is 32.5 Å². The lowest BCUT2D eigenvalue weighted by molar-refractivity contribution is -0.00463. The van der Waals surface area contributed by atoms with Gasteiger partial charge in [-0.1, -0.05) is 6.07 Å². The molecule has 3 rings (SSSR count). The summed E-state index contributed by atoms with van der Waals surface area (Å²) in [6.07, 6.45) is 2.73. The van der Waals surface area contributed by atoms with Crippen LogP contribution in [0.3, 0.4) is 0 Å². The van der Waals surface area contributed by atoms with E-state index in [4.69, 9.17) is 4.74 Å². The fourth-order valence-corrected chi connectivity index (χ4v) is 4.89. The molecule has 2 aromatic heterocycles. The molecule has 0 unspecified atom stereocenters. The molecule has 7 nitrogen and oxygen atoms in total. The summed E-state index contributed by atoms with van der Waals surface area (Å²) in [6.45, 7) is 0.897. The number of ether oxygens (including phenoxy) is 1. The van der Waals surface area contributed by atoms with E-state index < -0.39 is 16.1 Å². The first-order chi connectivity index (χ1) is 10.6. The molecule has 1 N–H and O–H groups in total. The van der Waals surface area contributed by atoms with Crippen molar-refractivity contribution >= 4 is 27.2 Å². The van der Waals surface area contributed by atoms with Gasteiger partial charge in [0.05, 0.1) is 6.61 Å². The zero-order chi connectivity index (χ0) is 15.6. The van der Waals surface area contributed by atoms with Crippen LogP contribution in [-0.2, 0) is 14.8 Å². The van der Waals surface area contributed by atoms with Gasteiger partial charge in [-0.2, -0.15) is 4.31 Å². The van der Waals surface area contributed by atoms with Crippen molar-refractivity contribution in [1.29, 1.82) is 0 Å². The van der Waals surface area contributed by atoms with Gasteiger partial charge < -0.3 is 10.1 Å². The molecule has 1 aliphatic rings. The van der Waals surface area contributed by atoms with Crippen molar-refractivity contribution in [1.82, 2.24) is 14.3 Å². The van der Waals surface area contributed by atoms with Gasteiger partial charge in [0.2, 0.25) is 0 Å². The monoisotopic (exact) mass is 340 g/mol. The largest absolute Gasteiger partial charge is 0.372 e. The van der Waals surface area contributed by atoms with Crippen LogP contribution in [0.4, 0.5) is 5.82 Å². The zero-order valence-corrected chi connectivity index (χ0v) is 13.6. The van der Waals surface area contributed by atoms with Gasteiger partial charge in [0.25, 0.3) is 10.0 Å². The molecule has 0 bridgehead atoms. The van der Waals surface area contributed by atoms with Crippen molar-refractivity contribution in [2.75, 3.05) is 32.1 Å². The minimum Gasteiger partial charge on any atom is -0.372 e. The van der Waals surface area contributed by atoms with E-state index in [1.165, 1.54) is 15.6 Å². The summed E-state index contributed by atoms with van der Waals surface area (Å²) in [5.74, 6) is 0.600. The standard InChI is InChI=1S/C13H16N4O3S2/c1-14-13-12(15-4-5-16-13)10-9-17(6-7-20-10)22(18,19)11-3-2-8-21-11/h2-5,8,10H,6-7,9H2,1H3,(H,14,16)/t10-/m0/s1. The minimum atomic E-state index is -3.48. The molecule has 0 spiro atoms. The molecule has 1 atom stereocenters. The number of thiophene rings is 1. The number of anilines is 1. The number of hydrogen-bond acceptors (Lipinski definition) is 7. The zero-order valence-electron chi connectivity index (χ0n) is 12.0. The number of hydrogen-bond donors (Lipinski definition) is 1. The number of sulfonamides is 1. The maximum absolute atomic E-state index is 12.6. The van der Waals surface area contributed by atoms with Crippen LogP contribution in [0.15, 0.2) is 34.1 Å². The Balaban J connectivity index is 1.86. The summed E-state index contributed by atoms with van der Waals surface area (Å²) in [4.78, 5) is 8.47. The van der Waals surface area contributed by atoms with Crippen LogP contribution < -0.4 is 5.32 Å². The molecule has 118 valence electrons. The highest BCUT2D eigenvalue weighted by atomic mass is 32.2. The Morgan fingerprint density at radius 2 is 2.23 bits per heavy atom. The molecular weight excluding hydrogens is 324 g/mol. The number of nitrogens with zero attached hydrogens (tertiary/aromatic N) is 3. The van der Waals surface area contributed by atoms with Crippen LogP contribution in [0.2, 0.25) is 0 Å². The highest BCUT2D eigenvalue weighted by Gasteiger charge is 2.33. The highest BCUT2D eigenvalue weighted by molar-refractivity contribution is 7.91. The van der Waals surface area contributed by atoms with E-state index in [0.717, 1.165) is 0 Å². The predicted octanol–water partition coefficient (Wildman–Crippen LogP) is 1.34. The van der Waals surface area contributed by atoms with Crippen molar-refractivity contribution in [3.63, 3.8) is 0 Å². The van der Waals surface area contributed by atoms with Gasteiger partial charge >= 0.3 is 0 Å². The topological polar surface area (TPSA) is 84.4 Å². The molecule has 0 radical (unpaired) electrons. The average molecular weight is 340 g/mol. The van der Waals surface area contributed by atoms with Gasteiger partial charge in [0.1, 0.15) is 21.8 Å². The van der Waals surface area contributed by atoms with Crippen LogP contribution in [0.5, 0.6) is 0 Å². The number of morpholine rings is 1. The number of rotatable bonds is 4. The highest BCUT2D eigenvalue weighted by Crippen LogP contribution is 2.29. The van der Waals surface area contributed by atoms with Crippen LogP contribution in [0.25, 0.3) is 0 Å². The molecule has 0 amide bonds. The van der Waals surface area contributed by atoms with Gasteiger partial charge in [-0.15, -0.1) is 11.3 Å². The summed E-state index contributed by atoms with van der Waals surface area (Å²) in [5.41, 5.74) is 0.621. The van der Waals surface area contributed by atoms with Gasteiger partial charge in [-0.3, -0.25) is 4.98 Å². The molecule has 0 aromatic carbocycles. The van der Waals surface area contributed by atoms with E-state index in [1.807, 2.05) is 0 Å². The van der Waals surface area contributed by atoms with E-state index in [2.05, 4.69) is 15.3 Å². The molecule has 9 heteroatoms. The summed E-state index contributed by atoms with van der Waals surface area (Å²) < 4.78 is 32.7. The Bertz CT molecular complexity index is 734. The van der Waals surface area contributed by atoms with Crippen molar-refractivity contribution < 1.29 is 13.2 Å². The Morgan fingerprint density at radius 1 is 1.41 bits per heavy atom. The molecule has 0 aliphatic carbocycles. The number of aromatic nitrogens is 2. The maximum atomic E-state index is 12.6. The third-order valence-electron chi connectivity index (χ3n) is 3.39. The van der Waals surface area contributed by atoms with Crippen LogP contribution in [0.1, 0.15) is 11.8 Å². The van der Waals surface area contributed by atoms with E-state index in [-0.39, 0.29) is 6.54 Å².